The number of aromatic nitrogens is 1. The first-order valence-electron chi connectivity index (χ1n) is 11.5. The largest absolute Gasteiger partial charge is 0.355 e. The van der Waals surface area contributed by atoms with E-state index >= 15 is 0 Å². The van der Waals surface area contributed by atoms with Crippen LogP contribution in [0.1, 0.15) is 78.1 Å². The van der Waals surface area contributed by atoms with Gasteiger partial charge in [0.1, 0.15) is 0 Å². The van der Waals surface area contributed by atoms with Crippen LogP contribution >= 0.6 is 0 Å². The Kier molecular flexibility index (Phi) is 5.24. The Morgan fingerprint density at radius 1 is 0.774 bits per heavy atom. The lowest BCUT2D eigenvalue weighted by Gasteiger charge is -2.24. The number of para-hydroxylation sites is 1. The molecule has 1 N–H and O–H groups in total. The first-order valence-corrected chi connectivity index (χ1v) is 11.5. The van der Waals surface area contributed by atoms with Crippen molar-refractivity contribution < 1.29 is 0 Å². The average molecular weight is 413 g/mol. The molecule has 0 bridgehead atoms. The van der Waals surface area contributed by atoms with Gasteiger partial charge >= 0.3 is 0 Å². The smallest absolute Gasteiger partial charge is 0.0726 e. The zero-order chi connectivity index (χ0) is 22.4. The number of hydrogen-bond donors (Lipinski definition) is 1. The van der Waals surface area contributed by atoms with Gasteiger partial charge in [-0.2, -0.15) is 0 Å². The van der Waals surface area contributed by atoms with Gasteiger partial charge in [-0.05, 0) is 65.1 Å². The number of pyridine rings is 1. The van der Waals surface area contributed by atoms with Gasteiger partial charge in [0, 0.05) is 28.0 Å². The van der Waals surface area contributed by atoms with Gasteiger partial charge in [-0.15, -0.1) is 0 Å². The van der Waals surface area contributed by atoms with Crippen molar-refractivity contribution in [3.63, 3.8) is 0 Å². The maximum atomic E-state index is 5.08. The number of rotatable bonds is 4. The number of hydrogen-bond acceptors (Lipinski definition) is 2. The minimum Gasteiger partial charge on any atom is -0.355 e. The van der Waals surface area contributed by atoms with Gasteiger partial charge in [-0.25, -0.2) is 0 Å². The number of nitrogens with one attached hydrogen (secondary N) is 1. The summed E-state index contributed by atoms with van der Waals surface area (Å²) in [5.41, 5.74) is 8.75. The van der Waals surface area contributed by atoms with Crippen LogP contribution < -0.4 is 5.32 Å². The van der Waals surface area contributed by atoms with Gasteiger partial charge in [-0.1, -0.05) is 78.8 Å². The second-order valence-corrected chi connectivity index (χ2v) is 11.4. The lowest BCUT2D eigenvalue weighted by atomic mass is 9.85. The van der Waals surface area contributed by atoms with Crippen molar-refractivity contribution in [1.29, 1.82) is 0 Å². The molecule has 162 valence electrons. The predicted octanol–water partition coefficient (Wildman–Crippen LogP) is 8.14. The minimum absolute atomic E-state index is 0.0123. The summed E-state index contributed by atoms with van der Waals surface area (Å²) in [6, 6.07) is 22.0. The molecule has 4 rings (SSSR count). The Labute approximate surface area is 188 Å². The van der Waals surface area contributed by atoms with E-state index in [1.807, 2.05) is 0 Å². The molecule has 0 unspecified atom stereocenters. The molecule has 0 spiro atoms. The van der Waals surface area contributed by atoms with E-state index < -0.39 is 0 Å². The third kappa shape index (κ3) is 4.54. The van der Waals surface area contributed by atoms with Crippen LogP contribution in [0.4, 0.5) is 11.4 Å². The molecule has 0 atom stereocenters. The van der Waals surface area contributed by atoms with Gasteiger partial charge in [-0.3, -0.25) is 4.98 Å². The maximum Gasteiger partial charge on any atom is 0.0726 e. The number of anilines is 2. The summed E-state index contributed by atoms with van der Waals surface area (Å²) in [6.45, 7) is 15.8. The molecule has 1 saturated carbocycles. The average Bonchev–Trinajstić information content (AvgIpc) is 3.46. The van der Waals surface area contributed by atoms with Gasteiger partial charge in [0.2, 0.25) is 0 Å². The van der Waals surface area contributed by atoms with Crippen LogP contribution in [0.15, 0.2) is 60.7 Å². The van der Waals surface area contributed by atoms with Crippen molar-refractivity contribution in [3.8, 4) is 11.3 Å². The molecule has 0 aliphatic heterocycles. The molecule has 1 heterocycles. The van der Waals surface area contributed by atoms with Crippen LogP contribution in [-0.2, 0) is 16.2 Å². The molecule has 0 radical (unpaired) electrons. The predicted molar refractivity (Wildman–Crippen MR) is 133 cm³/mol. The Hall–Kier alpha value is -2.61. The van der Waals surface area contributed by atoms with Gasteiger partial charge in [0.05, 0.1) is 5.69 Å². The summed E-state index contributed by atoms with van der Waals surface area (Å²) >= 11 is 0. The second kappa shape index (κ2) is 7.51. The standard InChI is InChI=1S/C29H36N2/c1-27(2,3)20-15-16-24(30-25-12-9-8-11-22(25)29(7)17-18-29)21(19-20)23-13-10-14-26(31-23)28(4,5)6/h8-16,19,30H,17-18H2,1-7H3. The van der Waals surface area contributed by atoms with Crippen molar-refractivity contribution >= 4 is 11.4 Å². The van der Waals surface area contributed by atoms with E-state index in [4.69, 9.17) is 4.98 Å². The topological polar surface area (TPSA) is 24.9 Å². The third-order valence-electron chi connectivity index (χ3n) is 6.53. The third-order valence-corrected chi connectivity index (χ3v) is 6.53. The van der Waals surface area contributed by atoms with Gasteiger partial charge < -0.3 is 5.32 Å². The van der Waals surface area contributed by atoms with E-state index in [0.29, 0.717) is 5.41 Å². The van der Waals surface area contributed by atoms with Crippen molar-refractivity contribution in [2.45, 2.75) is 77.6 Å². The highest BCUT2D eigenvalue weighted by Crippen LogP contribution is 2.50. The highest BCUT2D eigenvalue weighted by atomic mass is 14.9. The second-order valence-electron chi connectivity index (χ2n) is 11.4. The summed E-state index contributed by atoms with van der Waals surface area (Å²) in [4.78, 5) is 5.08. The van der Waals surface area contributed by atoms with Gasteiger partial charge in [0.15, 0.2) is 0 Å². The molecule has 31 heavy (non-hydrogen) atoms. The summed E-state index contributed by atoms with van der Waals surface area (Å²) < 4.78 is 0. The molecule has 3 aromatic rings. The van der Waals surface area contributed by atoms with E-state index in [0.717, 1.165) is 22.6 Å². The fourth-order valence-electron chi connectivity index (χ4n) is 4.05. The van der Waals surface area contributed by atoms with Crippen molar-refractivity contribution in [2.24, 2.45) is 0 Å². The highest BCUT2D eigenvalue weighted by Gasteiger charge is 2.40. The monoisotopic (exact) mass is 412 g/mol. The van der Waals surface area contributed by atoms with Crippen LogP contribution in [0.3, 0.4) is 0 Å². The van der Waals surface area contributed by atoms with Crippen LogP contribution in [0, 0.1) is 0 Å². The normalized spacial score (nSPS) is 15.6. The van der Waals surface area contributed by atoms with Crippen LogP contribution in [0.25, 0.3) is 11.3 Å². The number of nitrogens with zero attached hydrogens (tertiary/aromatic N) is 1. The highest BCUT2D eigenvalue weighted by molar-refractivity contribution is 5.81. The van der Waals surface area contributed by atoms with Crippen molar-refractivity contribution in [1.82, 2.24) is 4.98 Å². The molecule has 2 aromatic carbocycles. The van der Waals surface area contributed by atoms with E-state index in [1.54, 1.807) is 0 Å². The summed E-state index contributed by atoms with van der Waals surface area (Å²) in [7, 11) is 0. The fraction of sp³-hybridized carbons (Fsp3) is 0.414. The Balaban J connectivity index is 1.83. The molecule has 2 nitrogen and oxygen atoms in total. The first kappa shape index (κ1) is 21.6. The molecule has 1 aromatic heterocycles. The molecular formula is C29H36N2. The lowest BCUT2D eigenvalue weighted by molar-refractivity contribution is 0.569. The van der Waals surface area contributed by atoms with Crippen molar-refractivity contribution in [3.05, 3.63) is 77.5 Å². The van der Waals surface area contributed by atoms with E-state index in [2.05, 4.69) is 114 Å². The summed E-state index contributed by atoms with van der Waals surface area (Å²) in [5.74, 6) is 0. The lowest BCUT2D eigenvalue weighted by Crippen LogP contribution is -2.14. The maximum absolute atomic E-state index is 5.08. The molecule has 1 aliphatic rings. The molecule has 0 amide bonds. The molecule has 2 heteroatoms. The van der Waals surface area contributed by atoms with E-state index in [1.165, 1.54) is 29.7 Å². The Morgan fingerprint density at radius 2 is 1.48 bits per heavy atom. The first-order chi connectivity index (χ1) is 14.5. The Morgan fingerprint density at radius 3 is 2.13 bits per heavy atom. The quantitative estimate of drug-likeness (QED) is 0.468. The molecule has 1 fully saturated rings. The van der Waals surface area contributed by atoms with E-state index in [-0.39, 0.29) is 10.8 Å². The zero-order valence-corrected chi connectivity index (χ0v) is 20.1. The number of benzene rings is 2. The van der Waals surface area contributed by atoms with Crippen LogP contribution in [-0.4, -0.2) is 4.98 Å². The van der Waals surface area contributed by atoms with Gasteiger partial charge in [0.25, 0.3) is 0 Å². The molecule has 1 aliphatic carbocycles. The summed E-state index contributed by atoms with van der Waals surface area (Å²) in [5, 5.41) is 3.78. The van der Waals surface area contributed by atoms with Crippen LogP contribution in [0.2, 0.25) is 0 Å². The Bertz CT molecular complexity index is 1090. The van der Waals surface area contributed by atoms with E-state index in [9.17, 15) is 0 Å². The molecular weight excluding hydrogens is 376 g/mol. The summed E-state index contributed by atoms with van der Waals surface area (Å²) in [6.07, 6.45) is 2.52. The van der Waals surface area contributed by atoms with Crippen molar-refractivity contribution in [2.75, 3.05) is 5.32 Å². The SMILES string of the molecule is CC(C)(C)c1ccc(Nc2ccccc2C2(C)CC2)c(-c2cccc(C(C)(C)C)n2)c1. The zero-order valence-electron chi connectivity index (χ0n) is 20.1. The van der Waals surface area contributed by atoms with Crippen LogP contribution in [0.5, 0.6) is 0 Å². The molecule has 0 saturated heterocycles. The minimum atomic E-state index is 0.0123. The fourth-order valence-corrected chi connectivity index (χ4v) is 4.05.